The second-order valence-corrected chi connectivity index (χ2v) is 4.87. The van der Waals surface area contributed by atoms with Crippen molar-refractivity contribution < 1.29 is 8.78 Å². The molecule has 0 amide bonds. The van der Waals surface area contributed by atoms with E-state index >= 15 is 0 Å². The Bertz CT molecular complexity index is 783. The molecule has 0 atom stereocenters. The minimum Gasteiger partial charge on any atom is -0.369 e. The maximum absolute atomic E-state index is 13.6. The largest absolute Gasteiger partial charge is 0.369 e. The van der Waals surface area contributed by atoms with Gasteiger partial charge in [-0.3, -0.25) is 4.57 Å². The average Bonchev–Trinajstić information content (AvgIpc) is 2.71. The Labute approximate surface area is 115 Å². The lowest BCUT2D eigenvalue weighted by Crippen LogP contribution is -2.00. The standard InChI is InChI=1S/C13H8BrF2N3/c14-8-6-7(4-5-9(8)15)19-11-3-1-2-10(16)12(11)18-13(19)17/h1-6H,(H2,17,18). The molecule has 0 unspecified atom stereocenters. The van der Waals surface area contributed by atoms with Crippen LogP contribution in [-0.4, -0.2) is 9.55 Å². The number of para-hydroxylation sites is 1. The van der Waals surface area contributed by atoms with E-state index in [-0.39, 0.29) is 17.3 Å². The Morgan fingerprint density at radius 3 is 2.63 bits per heavy atom. The summed E-state index contributed by atoms with van der Waals surface area (Å²) in [6.07, 6.45) is 0. The highest BCUT2D eigenvalue weighted by molar-refractivity contribution is 9.10. The first kappa shape index (κ1) is 12.1. The lowest BCUT2D eigenvalue weighted by molar-refractivity contribution is 0.620. The van der Waals surface area contributed by atoms with Crippen molar-refractivity contribution in [3.63, 3.8) is 0 Å². The zero-order valence-electron chi connectivity index (χ0n) is 9.57. The van der Waals surface area contributed by atoms with E-state index in [1.807, 2.05) is 0 Å². The summed E-state index contributed by atoms with van der Waals surface area (Å²) < 4.78 is 28.8. The first-order valence-corrected chi connectivity index (χ1v) is 6.25. The van der Waals surface area contributed by atoms with Crippen LogP contribution in [0.2, 0.25) is 0 Å². The molecule has 0 fully saturated rings. The molecule has 19 heavy (non-hydrogen) atoms. The predicted octanol–water partition coefficient (Wildman–Crippen LogP) is 3.65. The summed E-state index contributed by atoms with van der Waals surface area (Å²) in [6, 6.07) is 9.04. The molecular formula is C13H8BrF2N3. The third kappa shape index (κ3) is 1.88. The van der Waals surface area contributed by atoms with Crippen LogP contribution in [0.5, 0.6) is 0 Å². The van der Waals surface area contributed by atoms with E-state index in [0.29, 0.717) is 15.7 Å². The van der Waals surface area contributed by atoms with Crippen LogP contribution in [0, 0.1) is 11.6 Å². The molecule has 0 aliphatic carbocycles. The zero-order valence-corrected chi connectivity index (χ0v) is 11.2. The Hall–Kier alpha value is -1.95. The normalized spacial score (nSPS) is 11.1. The number of aromatic nitrogens is 2. The van der Waals surface area contributed by atoms with Crippen LogP contribution >= 0.6 is 15.9 Å². The number of halogens is 3. The fourth-order valence-electron chi connectivity index (χ4n) is 1.98. The maximum atomic E-state index is 13.6. The summed E-state index contributed by atoms with van der Waals surface area (Å²) in [5.41, 5.74) is 7.16. The molecule has 0 spiro atoms. The molecule has 96 valence electrons. The molecule has 2 N–H and O–H groups in total. The van der Waals surface area contributed by atoms with Crippen LogP contribution in [-0.2, 0) is 0 Å². The molecule has 3 nitrogen and oxygen atoms in total. The molecule has 0 aliphatic heterocycles. The lowest BCUT2D eigenvalue weighted by Gasteiger charge is -2.07. The van der Waals surface area contributed by atoms with Gasteiger partial charge in [0.05, 0.1) is 15.7 Å². The van der Waals surface area contributed by atoms with E-state index in [1.54, 1.807) is 28.8 Å². The number of anilines is 1. The lowest BCUT2D eigenvalue weighted by atomic mass is 10.2. The molecule has 3 rings (SSSR count). The van der Waals surface area contributed by atoms with Gasteiger partial charge in [0.1, 0.15) is 11.3 Å². The molecule has 1 aromatic heterocycles. The Balaban J connectivity index is 2.33. The predicted molar refractivity (Wildman–Crippen MR) is 73.1 cm³/mol. The van der Waals surface area contributed by atoms with Gasteiger partial charge in [0, 0.05) is 0 Å². The third-order valence-corrected chi connectivity index (χ3v) is 3.43. The average molecular weight is 324 g/mol. The Morgan fingerprint density at radius 1 is 1.11 bits per heavy atom. The number of nitrogens with two attached hydrogens (primary N) is 1. The van der Waals surface area contributed by atoms with Crippen LogP contribution < -0.4 is 5.73 Å². The number of benzene rings is 2. The van der Waals surface area contributed by atoms with Crippen LogP contribution in [0.4, 0.5) is 14.7 Å². The minimum atomic E-state index is -0.441. The van der Waals surface area contributed by atoms with Gasteiger partial charge in [-0.1, -0.05) is 6.07 Å². The van der Waals surface area contributed by atoms with Crippen LogP contribution in [0.3, 0.4) is 0 Å². The topological polar surface area (TPSA) is 43.8 Å². The molecule has 0 bridgehead atoms. The number of fused-ring (bicyclic) bond motifs is 1. The van der Waals surface area contributed by atoms with Crippen LogP contribution in [0.25, 0.3) is 16.7 Å². The first-order valence-electron chi connectivity index (χ1n) is 5.46. The monoisotopic (exact) mass is 323 g/mol. The molecular weight excluding hydrogens is 316 g/mol. The number of nitrogens with zero attached hydrogens (tertiary/aromatic N) is 2. The highest BCUT2D eigenvalue weighted by Crippen LogP contribution is 2.27. The Kier molecular flexibility index (Phi) is 2.74. The van der Waals surface area contributed by atoms with Gasteiger partial charge >= 0.3 is 0 Å². The fourth-order valence-corrected chi connectivity index (χ4v) is 2.35. The SMILES string of the molecule is Nc1nc2c(F)cccc2n1-c1ccc(F)c(Br)c1. The van der Waals surface area contributed by atoms with E-state index in [0.717, 1.165) is 0 Å². The number of hydrogen-bond acceptors (Lipinski definition) is 2. The molecule has 3 aromatic rings. The van der Waals surface area contributed by atoms with Crippen molar-refractivity contribution in [2.75, 3.05) is 5.73 Å². The third-order valence-electron chi connectivity index (χ3n) is 2.82. The van der Waals surface area contributed by atoms with E-state index < -0.39 is 5.82 Å². The van der Waals surface area contributed by atoms with Gasteiger partial charge in [0.15, 0.2) is 5.82 Å². The highest BCUT2D eigenvalue weighted by atomic mass is 79.9. The van der Waals surface area contributed by atoms with Crippen molar-refractivity contribution in [1.82, 2.24) is 9.55 Å². The second-order valence-electron chi connectivity index (χ2n) is 4.01. The van der Waals surface area contributed by atoms with E-state index in [1.165, 1.54) is 12.1 Å². The van der Waals surface area contributed by atoms with Crippen molar-refractivity contribution in [3.05, 3.63) is 52.5 Å². The first-order chi connectivity index (χ1) is 9.08. The van der Waals surface area contributed by atoms with Crippen molar-refractivity contribution >= 4 is 32.9 Å². The number of imidazole rings is 1. The van der Waals surface area contributed by atoms with Crippen molar-refractivity contribution in [2.45, 2.75) is 0 Å². The second kappa shape index (κ2) is 4.31. The van der Waals surface area contributed by atoms with Gasteiger partial charge in [0.2, 0.25) is 5.95 Å². The zero-order chi connectivity index (χ0) is 13.6. The van der Waals surface area contributed by atoms with Crippen LogP contribution in [0.1, 0.15) is 0 Å². The quantitative estimate of drug-likeness (QED) is 0.742. The van der Waals surface area contributed by atoms with Gasteiger partial charge in [-0.2, -0.15) is 0 Å². The van der Waals surface area contributed by atoms with Gasteiger partial charge in [0.25, 0.3) is 0 Å². The summed E-state index contributed by atoms with van der Waals surface area (Å²) in [5.74, 6) is -0.666. The molecule has 1 heterocycles. The molecule has 0 radical (unpaired) electrons. The summed E-state index contributed by atoms with van der Waals surface area (Å²) in [7, 11) is 0. The van der Waals surface area contributed by atoms with Gasteiger partial charge in [-0.05, 0) is 46.3 Å². The van der Waals surface area contributed by atoms with Crippen molar-refractivity contribution in [2.24, 2.45) is 0 Å². The molecule has 2 aromatic carbocycles. The summed E-state index contributed by atoms with van der Waals surface area (Å²) in [4.78, 5) is 4.00. The number of rotatable bonds is 1. The van der Waals surface area contributed by atoms with Crippen LogP contribution in [0.15, 0.2) is 40.9 Å². The smallest absolute Gasteiger partial charge is 0.206 e. The maximum Gasteiger partial charge on any atom is 0.206 e. The minimum absolute atomic E-state index is 0.151. The summed E-state index contributed by atoms with van der Waals surface area (Å²) in [6.45, 7) is 0. The number of hydrogen-bond donors (Lipinski definition) is 1. The van der Waals surface area contributed by atoms with Gasteiger partial charge in [-0.25, -0.2) is 13.8 Å². The summed E-state index contributed by atoms with van der Waals surface area (Å²) in [5, 5.41) is 0. The van der Waals surface area contributed by atoms with E-state index in [2.05, 4.69) is 20.9 Å². The number of nitrogen functional groups attached to an aromatic ring is 1. The molecule has 0 aliphatic rings. The molecule has 0 saturated carbocycles. The van der Waals surface area contributed by atoms with Gasteiger partial charge in [-0.15, -0.1) is 0 Å². The van der Waals surface area contributed by atoms with Crippen molar-refractivity contribution in [1.29, 1.82) is 0 Å². The Morgan fingerprint density at radius 2 is 1.89 bits per heavy atom. The highest BCUT2D eigenvalue weighted by Gasteiger charge is 2.13. The fraction of sp³-hybridized carbons (Fsp3) is 0. The van der Waals surface area contributed by atoms with E-state index in [4.69, 9.17) is 5.73 Å². The van der Waals surface area contributed by atoms with Gasteiger partial charge < -0.3 is 5.73 Å². The van der Waals surface area contributed by atoms with E-state index in [9.17, 15) is 8.78 Å². The molecule has 6 heteroatoms. The summed E-state index contributed by atoms with van der Waals surface area (Å²) >= 11 is 3.11. The van der Waals surface area contributed by atoms with Crippen molar-refractivity contribution in [3.8, 4) is 5.69 Å². The molecule has 0 saturated heterocycles.